The van der Waals surface area contributed by atoms with Gasteiger partial charge in [0.25, 0.3) is 11.5 Å². The lowest BCUT2D eigenvalue weighted by atomic mass is 10.1. The average Bonchev–Trinajstić information content (AvgIpc) is 3.75. The first-order valence-electron chi connectivity index (χ1n) is 13.3. The Morgan fingerprint density at radius 2 is 1.91 bits per heavy atom. The Morgan fingerprint density at radius 3 is 2.66 bits per heavy atom. The van der Waals surface area contributed by atoms with E-state index in [9.17, 15) is 14.6 Å². The molecule has 0 aromatic carbocycles. The van der Waals surface area contributed by atoms with Crippen LogP contribution in [0.4, 0.5) is 24.9 Å². The Hall–Kier alpha value is -2.73. The molecule has 4 aromatic heterocycles. The van der Waals surface area contributed by atoms with Crippen LogP contribution in [0, 0.1) is 0 Å². The van der Waals surface area contributed by atoms with Crippen molar-refractivity contribution in [3.8, 4) is 0 Å². The first-order valence-corrected chi connectivity index (χ1v) is 18.5. The van der Waals surface area contributed by atoms with Gasteiger partial charge in [-0.25, -0.2) is 23.1 Å². The highest BCUT2D eigenvalue weighted by Crippen LogP contribution is 2.52. The minimum Gasteiger partial charge on any atom is -0.383 e. The number of nitrogens with two attached hydrogens (primary N) is 2. The maximum absolute atomic E-state index is 15.9. The number of hydrogen-bond donors (Lipinski definition) is 5. The van der Waals surface area contributed by atoms with Crippen LogP contribution in [0.25, 0.3) is 22.2 Å². The molecule has 2 aliphatic heterocycles. The van der Waals surface area contributed by atoms with E-state index in [1.807, 2.05) is 0 Å². The highest BCUT2D eigenvalue weighted by molar-refractivity contribution is 8.07. The van der Waals surface area contributed by atoms with Crippen molar-refractivity contribution in [1.82, 2.24) is 39.5 Å². The zero-order chi connectivity index (χ0) is 33.9. The van der Waals surface area contributed by atoms with E-state index in [-0.39, 0.29) is 28.6 Å². The van der Waals surface area contributed by atoms with Crippen LogP contribution in [0.2, 0.25) is 0 Å². The van der Waals surface area contributed by atoms with Crippen molar-refractivity contribution >= 4 is 71.0 Å². The smallest absolute Gasteiger partial charge is 0.325 e. The zero-order valence-electron chi connectivity index (χ0n) is 23.7. The molecule has 0 amide bonds. The number of halogens is 3. The zero-order valence-corrected chi connectivity index (χ0v) is 27.1. The molecule has 19 nitrogen and oxygen atoms in total. The largest absolute Gasteiger partial charge is 0.383 e. The van der Waals surface area contributed by atoms with E-state index >= 15 is 13.2 Å². The lowest BCUT2D eigenvalue weighted by Crippen LogP contribution is -2.32. The third-order valence-corrected chi connectivity index (χ3v) is 10.4. The van der Waals surface area contributed by atoms with E-state index < -0.39 is 81.5 Å². The molecule has 47 heavy (non-hydrogen) atoms. The summed E-state index contributed by atoms with van der Waals surface area (Å²) in [4.78, 5) is 47.2. The predicted molar refractivity (Wildman–Crippen MR) is 161 cm³/mol. The van der Waals surface area contributed by atoms with Gasteiger partial charge in [0.1, 0.15) is 30.0 Å². The second kappa shape index (κ2) is 12.6. The summed E-state index contributed by atoms with van der Waals surface area (Å²) in [5.41, 5.74) is 10.3. The summed E-state index contributed by atoms with van der Waals surface area (Å²) in [6, 6.07) is 1.46. The standard InChI is InChI=1S/C21H25F3N10O9P2S2/c1-38-44(36,46)40-6-10-11(22)13(18(42-10)34-16-12(31-32-34)17(35)30-20(26)29-16)43-45(37,47)39-5-8-4-21(23,24)19(41-8)33-3-2-9-14(25)27-7-28-15(9)33/h2-3,7-8,10-11,13,18-19H,4-6H2,1H3,(H,36,46)(H,37,47)(H2,25,27,28)(H3,26,29,30,35)/t8-,10+,11-,13+,18+,19+,44?,45?/m0/s1. The van der Waals surface area contributed by atoms with Crippen molar-refractivity contribution < 1.29 is 50.5 Å². The van der Waals surface area contributed by atoms with Gasteiger partial charge in [0, 0.05) is 19.7 Å². The van der Waals surface area contributed by atoms with Gasteiger partial charge in [-0.3, -0.25) is 14.3 Å². The SMILES string of the molecule is COP(O)(=S)OC[C@H]1O[C@@H](n2nnc3c(=O)[nH]c(N)nc32)[C@H](OP(O)(=S)OC[C@@H]2CC(F)(F)[C@H](n3ccc4c(N)ncnc43)O2)[C@H]1F. The molecule has 0 radical (unpaired) electrons. The normalized spacial score (nSPS) is 28.6. The highest BCUT2D eigenvalue weighted by Gasteiger charge is 2.53. The fraction of sp³-hybridized carbons (Fsp3) is 0.524. The number of fused-ring (bicyclic) bond motifs is 2. The first-order chi connectivity index (χ1) is 22.1. The number of H-pyrrole nitrogens is 1. The van der Waals surface area contributed by atoms with Crippen LogP contribution in [-0.2, 0) is 51.2 Å². The minimum atomic E-state index is -4.46. The number of nitrogens with one attached hydrogen (secondary N) is 1. The summed E-state index contributed by atoms with van der Waals surface area (Å²) in [7, 11) is 1.09. The summed E-state index contributed by atoms with van der Waals surface area (Å²) in [6.07, 6.45) is -8.67. The predicted octanol–water partition coefficient (Wildman–Crippen LogP) is 0.781. The number of alkyl halides is 3. The van der Waals surface area contributed by atoms with Crippen LogP contribution in [0.3, 0.4) is 0 Å². The second-order valence-electron chi connectivity index (χ2n) is 10.2. The lowest BCUT2D eigenvalue weighted by Gasteiger charge is -2.25. The topological polar surface area (TPSA) is 255 Å². The number of ether oxygens (including phenoxy) is 2. The van der Waals surface area contributed by atoms with Crippen LogP contribution in [0.15, 0.2) is 23.4 Å². The molecule has 0 saturated carbocycles. The molecular weight excluding hydrogens is 719 g/mol. The van der Waals surface area contributed by atoms with E-state index in [0.717, 1.165) is 22.7 Å². The molecule has 6 rings (SSSR count). The Morgan fingerprint density at radius 1 is 1.17 bits per heavy atom. The molecule has 2 aliphatic rings. The van der Waals surface area contributed by atoms with Gasteiger partial charge >= 0.3 is 13.4 Å². The Balaban J connectivity index is 1.20. The molecular formula is C21H25F3N10O9P2S2. The van der Waals surface area contributed by atoms with Crippen LogP contribution < -0.4 is 17.0 Å². The summed E-state index contributed by atoms with van der Waals surface area (Å²) >= 11 is 9.87. The summed E-state index contributed by atoms with van der Waals surface area (Å²) in [6.45, 7) is -9.56. The van der Waals surface area contributed by atoms with Crippen molar-refractivity contribution in [3.63, 3.8) is 0 Å². The van der Waals surface area contributed by atoms with E-state index in [4.69, 9.17) is 58.1 Å². The Kier molecular flexibility index (Phi) is 9.17. The van der Waals surface area contributed by atoms with Crippen molar-refractivity contribution in [2.75, 3.05) is 31.8 Å². The number of nitrogen functional groups attached to an aromatic ring is 2. The van der Waals surface area contributed by atoms with Gasteiger partial charge in [0.15, 0.2) is 29.8 Å². The first kappa shape index (κ1) is 34.1. The van der Waals surface area contributed by atoms with E-state index in [1.165, 1.54) is 12.3 Å². The number of anilines is 2. The molecule has 2 unspecified atom stereocenters. The molecule has 7 N–H and O–H groups in total. The summed E-state index contributed by atoms with van der Waals surface area (Å²) in [5.74, 6) is -3.66. The minimum absolute atomic E-state index is 0.0901. The summed E-state index contributed by atoms with van der Waals surface area (Å²) in [5, 5.41) is 7.85. The molecule has 8 atom stereocenters. The summed E-state index contributed by atoms with van der Waals surface area (Å²) < 4.78 is 80.0. The van der Waals surface area contributed by atoms with Gasteiger partial charge in [-0.15, -0.1) is 5.10 Å². The molecule has 26 heteroatoms. The third kappa shape index (κ3) is 6.78. The molecule has 4 aromatic rings. The van der Waals surface area contributed by atoms with Crippen molar-refractivity contribution in [2.45, 2.75) is 49.3 Å². The van der Waals surface area contributed by atoms with Crippen LogP contribution in [-0.4, -0.2) is 100 Å². The van der Waals surface area contributed by atoms with E-state index in [0.29, 0.717) is 5.39 Å². The van der Waals surface area contributed by atoms with Gasteiger partial charge in [0.2, 0.25) is 5.95 Å². The number of hydrogen-bond acceptors (Lipinski definition) is 16. The molecule has 256 valence electrons. The van der Waals surface area contributed by atoms with Gasteiger partial charge in [-0.1, -0.05) is 5.21 Å². The quantitative estimate of drug-likeness (QED) is 0.133. The van der Waals surface area contributed by atoms with Gasteiger partial charge in [0.05, 0.1) is 24.7 Å². The van der Waals surface area contributed by atoms with Gasteiger partial charge in [-0.05, 0) is 29.7 Å². The molecule has 2 saturated heterocycles. The third-order valence-electron chi connectivity index (χ3n) is 7.14. The van der Waals surface area contributed by atoms with Gasteiger partial charge < -0.3 is 48.9 Å². The lowest BCUT2D eigenvalue weighted by molar-refractivity contribution is -0.116. The maximum atomic E-state index is 15.9. The number of rotatable bonds is 11. The molecule has 0 aliphatic carbocycles. The number of aromatic nitrogens is 8. The highest BCUT2D eigenvalue weighted by atomic mass is 32.5. The van der Waals surface area contributed by atoms with Crippen LogP contribution in [0.1, 0.15) is 18.9 Å². The number of aromatic amines is 1. The second-order valence-corrected chi connectivity index (χ2v) is 16.0. The molecule has 0 bridgehead atoms. The average molecular weight is 745 g/mol. The molecule has 6 heterocycles. The maximum Gasteiger partial charge on any atom is 0.325 e. The van der Waals surface area contributed by atoms with E-state index in [1.54, 1.807) is 0 Å². The molecule has 2 fully saturated rings. The Bertz CT molecular complexity index is 1970. The molecule has 0 spiro atoms. The van der Waals surface area contributed by atoms with Crippen LogP contribution >= 0.6 is 13.4 Å². The fourth-order valence-corrected chi connectivity index (χ4v) is 7.08. The van der Waals surface area contributed by atoms with Crippen molar-refractivity contribution in [1.29, 1.82) is 0 Å². The Labute approximate surface area is 270 Å². The number of nitrogens with zero attached hydrogens (tertiary/aromatic N) is 7. The van der Waals surface area contributed by atoms with Crippen molar-refractivity contribution in [2.24, 2.45) is 0 Å². The van der Waals surface area contributed by atoms with Gasteiger partial charge in [-0.2, -0.15) is 9.67 Å². The van der Waals surface area contributed by atoms with E-state index in [2.05, 4.69) is 34.8 Å². The fourth-order valence-electron chi connectivity index (χ4n) is 5.03. The van der Waals surface area contributed by atoms with Crippen molar-refractivity contribution in [3.05, 3.63) is 28.9 Å². The monoisotopic (exact) mass is 744 g/mol. The van der Waals surface area contributed by atoms with Crippen LogP contribution in [0.5, 0.6) is 0 Å².